The van der Waals surface area contributed by atoms with Crippen molar-refractivity contribution in [3.8, 4) is 11.4 Å². The third kappa shape index (κ3) is 4.68. The van der Waals surface area contributed by atoms with Crippen LogP contribution < -0.4 is 5.32 Å². The van der Waals surface area contributed by atoms with Crippen LogP contribution in [0.4, 0.5) is 5.82 Å². The molecule has 4 rings (SSSR count). The number of hydrogen-bond donors (Lipinski definition) is 3. The first kappa shape index (κ1) is 23.2. The summed E-state index contributed by atoms with van der Waals surface area (Å²) in [4.78, 5) is 16.8. The largest absolute Gasteiger partial charge is 0.413 e. The minimum absolute atomic E-state index is 0.0388. The molecule has 2 aromatic heterocycles. The van der Waals surface area contributed by atoms with Crippen molar-refractivity contribution in [2.24, 2.45) is 5.92 Å². The lowest BCUT2D eigenvalue weighted by Gasteiger charge is -2.39. The van der Waals surface area contributed by atoms with Gasteiger partial charge < -0.3 is 19.8 Å². The van der Waals surface area contributed by atoms with Crippen molar-refractivity contribution in [2.75, 3.05) is 11.9 Å². The van der Waals surface area contributed by atoms with Crippen molar-refractivity contribution in [3.05, 3.63) is 35.6 Å². The average molecular weight is 474 g/mol. The van der Waals surface area contributed by atoms with Crippen LogP contribution in [0.25, 0.3) is 22.6 Å². The van der Waals surface area contributed by atoms with Crippen LogP contribution in [0.2, 0.25) is 23.2 Å². The van der Waals surface area contributed by atoms with Crippen LogP contribution in [0.5, 0.6) is 0 Å². The molecular formula is C23H32ClN5O2Si. The lowest BCUT2D eigenvalue weighted by atomic mass is 10.1. The van der Waals surface area contributed by atoms with E-state index in [9.17, 15) is 5.11 Å². The smallest absolute Gasteiger partial charge is 0.192 e. The van der Waals surface area contributed by atoms with Crippen molar-refractivity contribution in [1.29, 1.82) is 0 Å². The quantitative estimate of drug-likeness (QED) is 0.423. The molecule has 32 heavy (non-hydrogen) atoms. The van der Waals surface area contributed by atoms with Gasteiger partial charge >= 0.3 is 0 Å². The van der Waals surface area contributed by atoms with Crippen LogP contribution in [-0.4, -0.2) is 52.1 Å². The summed E-state index contributed by atoms with van der Waals surface area (Å²) in [5.41, 5.74) is 2.26. The van der Waals surface area contributed by atoms with E-state index in [1.54, 1.807) is 0 Å². The number of aliphatic hydroxyl groups is 1. The predicted octanol–water partition coefficient (Wildman–Crippen LogP) is 5.25. The Labute approximate surface area is 195 Å². The normalized spacial score (nSPS) is 21.9. The minimum Gasteiger partial charge on any atom is -0.413 e. The highest BCUT2D eigenvalue weighted by atomic mass is 35.5. The zero-order valence-corrected chi connectivity index (χ0v) is 21.1. The molecule has 1 fully saturated rings. The van der Waals surface area contributed by atoms with Gasteiger partial charge in [0, 0.05) is 29.2 Å². The molecule has 0 amide bonds. The number of nitrogens with one attached hydrogen (secondary N) is 2. The average Bonchev–Trinajstić information content (AvgIpc) is 3.31. The van der Waals surface area contributed by atoms with Gasteiger partial charge in [-0.2, -0.15) is 0 Å². The summed E-state index contributed by atoms with van der Waals surface area (Å²) >= 11 is 6.14. The molecule has 0 bridgehead atoms. The molecule has 0 radical (unpaired) electrons. The van der Waals surface area contributed by atoms with Crippen LogP contribution in [0.1, 0.15) is 33.6 Å². The van der Waals surface area contributed by atoms with Crippen LogP contribution >= 0.6 is 11.6 Å². The number of fused-ring (bicyclic) bond motifs is 1. The Kier molecular flexibility index (Phi) is 6.33. The molecule has 3 N–H and O–H groups in total. The number of halogens is 1. The van der Waals surface area contributed by atoms with Crippen molar-refractivity contribution in [2.45, 2.75) is 63.9 Å². The summed E-state index contributed by atoms with van der Waals surface area (Å²) < 4.78 is 6.67. The first-order valence-electron chi connectivity index (χ1n) is 11.1. The SMILES string of the molecule is CC(C)(C)[Si](C)(C)O[C@H]1C[C@H](Nc2ncnc3[nH]c(-c4cccc(Cl)c4)nc23)C[C@H]1CO. The minimum atomic E-state index is -1.92. The van der Waals surface area contributed by atoms with Gasteiger partial charge in [-0.3, -0.25) is 0 Å². The Morgan fingerprint density at radius 1 is 1.25 bits per heavy atom. The van der Waals surface area contributed by atoms with Crippen LogP contribution in [0.3, 0.4) is 0 Å². The maximum absolute atomic E-state index is 10.00. The van der Waals surface area contributed by atoms with Crippen LogP contribution in [0, 0.1) is 5.92 Å². The van der Waals surface area contributed by atoms with E-state index in [0.29, 0.717) is 27.8 Å². The molecular weight excluding hydrogens is 442 g/mol. The summed E-state index contributed by atoms with van der Waals surface area (Å²) in [5.74, 6) is 1.50. The highest BCUT2D eigenvalue weighted by Crippen LogP contribution is 2.41. The second kappa shape index (κ2) is 8.74. The Hall–Kier alpha value is -2.00. The third-order valence-corrected chi connectivity index (χ3v) is 11.6. The first-order chi connectivity index (χ1) is 15.1. The number of rotatable bonds is 6. The lowest BCUT2D eigenvalue weighted by molar-refractivity contribution is 0.0980. The van der Waals surface area contributed by atoms with Crippen LogP contribution in [0.15, 0.2) is 30.6 Å². The molecule has 0 spiro atoms. The van der Waals surface area contributed by atoms with E-state index in [-0.39, 0.29) is 29.7 Å². The summed E-state index contributed by atoms with van der Waals surface area (Å²) in [5, 5.41) is 14.3. The topological polar surface area (TPSA) is 96.0 Å². The number of imidazole rings is 1. The summed E-state index contributed by atoms with van der Waals surface area (Å²) in [6.07, 6.45) is 3.23. The van der Waals surface area contributed by atoms with Crippen molar-refractivity contribution in [3.63, 3.8) is 0 Å². The fraction of sp³-hybridized carbons (Fsp3) is 0.522. The van der Waals surface area contributed by atoms with E-state index in [1.807, 2.05) is 24.3 Å². The van der Waals surface area contributed by atoms with E-state index in [1.165, 1.54) is 6.33 Å². The number of aromatic amines is 1. The number of anilines is 1. The van der Waals surface area contributed by atoms with Crippen molar-refractivity contribution in [1.82, 2.24) is 19.9 Å². The maximum Gasteiger partial charge on any atom is 0.192 e. The van der Waals surface area contributed by atoms with Crippen molar-refractivity contribution >= 4 is 36.9 Å². The molecule has 0 aliphatic heterocycles. The van der Waals surface area contributed by atoms with E-state index in [2.05, 4.69) is 54.1 Å². The predicted molar refractivity (Wildman–Crippen MR) is 131 cm³/mol. The molecule has 7 nitrogen and oxygen atoms in total. The van der Waals surface area contributed by atoms with Gasteiger partial charge in [-0.1, -0.05) is 44.5 Å². The molecule has 1 saturated carbocycles. The molecule has 3 atom stereocenters. The molecule has 0 unspecified atom stereocenters. The number of hydrogen-bond acceptors (Lipinski definition) is 6. The van der Waals surface area contributed by atoms with Gasteiger partial charge in [-0.15, -0.1) is 0 Å². The molecule has 1 aliphatic carbocycles. The summed E-state index contributed by atoms with van der Waals surface area (Å²) in [6.45, 7) is 11.4. The van der Waals surface area contributed by atoms with Gasteiger partial charge in [0.15, 0.2) is 25.3 Å². The van der Waals surface area contributed by atoms with E-state index >= 15 is 0 Å². The Morgan fingerprint density at radius 3 is 2.72 bits per heavy atom. The van der Waals surface area contributed by atoms with E-state index in [0.717, 1.165) is 18.4 Å². The van der Waals surface area contributed by atoms with Gasteiger partial charge in [0.25, 0.3) is 0 Å². The fourth-order valence-corrected chi connectivity index (χ4v) is 5.58. The molecule has 1 aliphatic rings. The Balaban J connectivity index is 1.54. The maximum atomic E-state index is 10.00. The Bertz CT molecular complexity index is 1100. The molecule has 0 saturated heterocycles. The number of benzene rings is 1. The highest BCUT2D eigenvalue weighted by molar-refractivity contribution is 6.74. The number of nitrogens with zero attached hydrogens (tertiary/aromatic N) is 3. The first-order valence-corrected chi connectivity index (χ1v) is 14.4. The van der Waals surface area contributed by atoms with Gasteiger partial charge in [0.1, 0.15) is 12.2 Å². The lowest BCUT2D eigenvalue weighted by Crippen LogP contribution is -2.45. The third-order valence-electron chi connectivity index (χ3n) is 6.84. The number of H-pyrrole nitrogens is 1. The molecule has 3 aromatic rings. The summed E-state index contributed by atoms with van der Waals surface area (Å²) in [6, 6.07) is 7.69. The van der Waals surface area contributed by atoms with Gasteiger partial charge in [-0.05, 0) is 43.1 Å². The second-order valence-electron chi connectivity index (χ2n) is 10.2. The van der Waals surface area contributed by atoms with Crippen LogP contribution in [-0.2, 0) is 4.43 Å². The summed E-state index contributed by atoms with van der Waals surface area (Å²) in [7, 11) is -1.92. The van der Waals surface area contributed by atoms with E-state index in [4.69, 9.17) is 21.0 Å². The number of aromatic nitrogens is 4. The fourth-order valence-electron chi connectivity index (χ4n) is 4.00. The monoisotopic (exact) mass is 473 g/mol. The van der Waals surface area contributed by atoms with Gasteiger partial charge in [0.2, 0.25) is 0 Å². The molecule has 172 valence electrons. The second-order valence-corrected chi connectivity index (χ2v) is 15.4. The van der Waals surface area contributed by atoms with Gasteiger partial charge in [0.05, 0.1) is 6.10 Å². The number of aliphatic hydroxyl groups excluding tert-OH is 1. The van der Waals surface area contributed by atoms with Gasteiger partial charge in [-0.25, -0.2) is 15.0 Å². The molecule has 9 heteroatoms. The molecule has 2 heterocycles. The zero-order chi connectivity index (χ0) is 23.1. The van der Waals surface area contributed by atoms with Crippen molar-refractivity contribution < 1.29 is 9.53 Å². The van der Waals surface area contributed by atoms with E-state index < -0.39 is 8.32 Å². The zero-order valence-electron chi connectivity index (χ0n) is 19.3. The molecule has 1 aromatic carbocycles. The standard InChI is InChI=1S/C23H32ClN5O2Si/c1-23(2,3)32(4,5)31-18-11-17(10-15(18)12-30)27-21-19-22(26-13-25-21)29-20(28-19)14-7-6-8-16(24)9-14/h6-9,13,15,17-18,30H,10-12H2,1-5H3,(H2,25,26,27,28,29)/t15-,17+,18-/m0/s1. The highest BCUT2D eigenvalue weighted by Gasteiger charge is 2.44. The Morgan fingerprint density at radius 2 is 2.03 bits per heavy atom.